The molecule has 0 radical (unpaired) electrons. The zero-order valence-corrected chi connectivity index (χ0v) is 7.93. The van der Waals surface area contributed by atoms with E-state index in [1.54, 1.807) is 0 Å². The summed E-state index contributed by atoms with van der Waals surface area (Å²) in [5.41, 5.74) is 13.1. The molecule has 0 heterocycles. The molecule has 3 heteroatoms. The first kappa shape index (κ1) is 8.56. The van der Waals surface area contributed by atoms with E-state index in [0.717, 1.165) is 15.7 Å². The maximum Gasteiger partial charge on any atom is 0.0458 e. The Morgan fingerprint density at radius 1 is 1.45 bits per heavy atom. The quantitative estimate of drug-likeness (QED) is 0.704. The molecule has 0 spiro atoms. The average molecular weight is 215 g/mol. The van der Waals surface area contributed by atoms with Crippen LogP contribution in [-0.2, 0) is 0 Å². The predicted octanol–water partition coefficient (Wildman–Crippen LogP) is 2.05. The van der Waals surface area contributed by atoms with E-state index in [1.807, 2.05) is 25.1 Å². The summed E-state index contributed by atoms with van der Waals surface area (Å²) in [6.07, 6.45) is 0. The van der Waals surface area contributed by atoms with Crippen LogP contribution in [0.5, 0.6) is 0 Å². The smallest absolute Gasteiger partial charge is 0.0458 e. The molecule has 0 aromatic heterocycles. The van der Waals surface area contributed by atoms with Gasteiger partial charge in [-0.1, -0.05) is 6.07 Å². The lowest BCUT2D eigenvalue weighted by atomic mass is 10.1. The first-order valence-electron chi connectivity index (χ1n) is 3.42. The van der Waals surface area contributed by atoms with Gasteiger partial charge in [0, 0.05) is 16.2 Å². The van der Waals surface area contributed by atoms with E-state index < -0.39 is 0 Å². The highest BCUT2D eigenvalue weighted by atomic mass is 79.9. The van der Waals surface area contributed by atoms with Gasteiger partial charge in [-0.3, -0.25) is 0 Å². The molecule has 0 bridgehead atoms. The van der Waals surface area contributed by atoms with Gasteiger partial charge in [0.2, 0.25) is 0 Å². The van der Waals surface area contributed by atoms with Gasteiger partial charge in [-0.15, -0.1) is 0 Å². The predicted molar refractivity (Wildman–Crippen MR) is 51.2 cm³/mol. The fraction of sp³-hybridized carbons (Fsp3) is 0.250. The Bertz CT molecular complexity index is 258. The summed E-state index contributed by atoms with van der Waals surface area (Å²) in [5, 5.41) is 0. The second-order valence-electron chi connectivity index (χ2n) is 2.57. The van der Waals surface area contributed by atoms with Crippen LogP contribution in [0.15, 0.2) is 22.7 Å². The Hall–Kier alpha value is -0.540. The van der Waals surface area contributed by atoms with Gasteiger partial charge in [0.15, 0.2) is 0 Å². The van der Waals surface area contributed by atoms with Gasteiger partial charge < -0.3 is 11.5 Å². The Morgan fingerprint density at radius 3 is 2.55 bits per heavy atom. The van der Waals surface area contributed by atoms with Crippen LogP contribution in [0.2, 0.25) is 0 Å². The number of hydrogen-bond donors (Lipinski definition) is 2. The van der Waals surface area contributed by atoms with Crippen molar-refractivity contribution in [2.24, 2.45) is 5.73 Å². The highest BCUT2D eigenvalue weighted by Crippen LogP contribution is 2.22. The molecular weight excluding hydrogens is 204 g/mol. The summed E-state index contributed by atoms with van der Waals surface area (Å²) in [4.78, 5) is 0. The van der Waals surface area contributed by atoms with Gasteiger partial charge in [-0.25, -0.2) is 0 Å². The molecular formula is C8H11BrN2. The zero-order chi connectivity index (χ0) is 8.43. The van der Waals surface area contributed by atoms with Gasteiger partial charge in [-0.2, -0.15) is 0 Å². The van der Waals surface area contributed by atoms with Crippen molar-refractivity contribution < 1.29 is 0 Å². The zero-order valence-electron chi connectivity index (χ0n) is 6.34. The summed E-state index contributed by atoms with van der Waals surface area (Å²) in [7, 11) is 0. The average Bonchev–Trinajstić information content (AvgIpc) is 1.94. The van der Waals surface area contributed by atoms with Crippen LogP contribution in [0.3, 0.4) is 0 Å². The molecule has 4 N–H and O–H groups in total. The molecule has 11 heavy (non-hydrogen) atoms. The molecule has 0 amide bonds. The lowest BCUT2D eigenvalue weighted by Crippen LogP contribution is -2.04. The molecule has 1 rings (SSSR count). The molecule has 0 aliphatic heterocycles. The van der Waals surface area contributed by atoms with Crippen LogP contribution < -0.4 is 11.5 Å². The topological polar surface area (TPSA) is 52.0 Å². The maximum absolute atomic E-state index is 5.67. The molecule has 0 saturated heterocycles. The number of halogens is 1. The third-order valence-corrected chi connectivity index (χ3v) is 2.24. The largest absolute Gasteiger partial charge is 0.398 e. The molecule has 1 atom stereocenters. The van der Waals surface area contributed by atoms with Crippen LogP contribution in [0.25, 0.3) is 0 Å². The highest BCUT2D eigenvalue weighted by Gasteiger charge is 2.00. The van der Waals surface area contributed by atoms with Crippen molar-refractivity contribution >= 4 is 21.6 Å². The number of benzene rings is 1. The molecule has 0 aliphatic rings. The van der Waals surface area contributed by atoms with Gasteiger partial charge in [0.05, 0.1) is 0 Å². The normalized spacial score (nSPS) is 13.0. The third kappa shape index (κ3) is 1.94. The van der Waals surface area contributed by atoms with Crippen LogP contribution in [-0.4, -0.2) is 0 Å². The monoisotopic (exact) mass is 214 g/mol. The fourth-order valence-electron chi connectivity index (χ4n) is 0.827. The summed E-state index contributed by atoms with van der Waals surface area (Å²) >= 11 is 3.33. The minimum absolute atomic E-state index is 0.0619. The first-order valence-corrected chi connectivity index (χ1v) is 4.21. The van der Waals surface area contributed by atoms with E-state index in [-0.39, 0.29) is 6.04 Å². The molecule has 0 fully saturated rings. The van der Waals surface area contributed by atoms with Crippen molar-refractivity contribution in [3.63, 3.8) is 0 Å². The molecule has 60 valence electrons. The van der Waals surface area contributed by atoms with Gasteiger partial charge in [-0.05, 0) is 40.5 Å². The SMILES string of the molecule is C[C@@H](N)c1ccc(N)c(Br)c1. The fourth-order valence-corrected chi connectivity index (χ4v) is 1.22. The Kier molecular flexibility index (Phi) is 2.52. The van der Waals surface area contributed by atoms with Crippen molar-refractivity contribution in [1.82, 2.24) is 0 Å². The number of nitrogens with two attached hydrogens (primary N) is 2. The second-order valence-corrected chi connectivity index (χ2v) is 3.42. The van der Waals surface area contributed by atoms with Crippen molar-refractivity contribution in [2.45, 2.75) is 13.0 Å². The Labute approximate surface area is 74.7 Å². The van der Waals surface area contributed by atoms with E-state index >= 15 is 0 Å². The summed E-state index contributed by atoms with van der Waals surface area (Å²) in [6.45, 7) is 1.94. The minimum atomic E-state index is 0.0619. The summed E-state index contributed by atoms with van der Waals surface area (Å²) < 4.78 is 0.910. The standard InChI is InChI=1S/C8H11BrN2/c1-5(10)6-2-3-8(11)7(9)4-6/h2-5H,10-11H2,1H3/t5-/m1/s1. The van der Waals surface area contributed by atoms with Crippen molar-refractivity contribution in [3.05, 3.63) is 28.2 Å². The molecule has 0 saturated carbocycles. The minimum Gasteiger partial charge on any atom is -0.398 e. The summed E-state index contributed by atoms with van der Waals surface area (Å²) in [5.74, 6) is 0. The van der Waals surface area contributed by atoms with Gasteiger partial charge in [0.1, 0.15) is 0 Å². The lowest BCUT2D eigenvalue weighted by molar-refractivity contribution is 0.818. The van der Waals surface area contributed by atoms with Crippen LogP contribution in [0, 0.1) is 0 Å². The molecule has 2 nitrogen and oxygen atoms in total. The molecule has 1 aromatic carbocycles. The van der Waals surface area contributed by atoms with Crippen molar-refractivity contribution in [3.8, 4) is 0 Å². The second kappa shape index (κ2) is 3.24. The van der Waals surface area contributed by atoms with E-state index in [1.165, 1.54) is 0 Å². The van der Waals surface area contributed by atoms with Gasteiger partial charge in [0.25, 0.3) is 0 Å². The lowest BCUT2D eigenvalue weighted by Gasteiger charge is -2.06. The summed E-state index contributed by atoms with van der Waals surface area (Å²) in [6, 6.07) is 5.79. The Morgan fingerprint density at radius 2 is 2.09 bits per heavy atom. The maximum atomic E-state index is 5.67. The third-order valence-electron chi connectivity index (χ3n) is 1.55. The first-order chi connectivity index (χ1) is 5.11. The van der Waals surface area contributed by atoms with Crippen LogP contribution in [0.1, 0.15) is 18.5 Å². The van der Waals surface area contributed by atoms with E-state index in [0.29, 0.717) is 0 Å². The Balaban J connectivity index is 3.05. The van der Waals surface area contributed by atoms with E-state index in [2.05, 4.69) is 15.9 Å². The molecule has 0 unspecified atom stereocenters. The number of anilines is 1. The molecule has 0 aliphatic carbocycles. The van der Waals surface area contributed by atoms with Gasteiger partial charge >= 0.3 is 0 Å². The number of nitrogen functional groups attached to an aromatic ring is 1. The number of hydrogen-bond acceptors (Lipinski definition) is 2. The van der Waals surface area contributed by atoms with Crippen molar-refractivity contribution in [2.75, 3.05) is 5.73 Å². The van der Waals surface area contributed by atoms with Crippen LogP contribution >= 0.6 is 15.9 Å². The van der Waals surface area contributed by atoms with E-state index in [4.69, 9.17) is 11.5 Å². The molecule has 1 aromatic rings. The van der Waals surface area contributed by atoms with Crippen LogP contribution in [0.4, 0.5) is 5.69 Å². The highest BCUT2D eigenvalue weighted by molar-refractivity contribution is 9.10. The van der Waals surface area contributed by atoms with Crippen molar-refractivity contribution in [1.29, 1.82) is 0 Å². The number of rotatable bonds is 1. The van der Waals surface area contributed by atoms with E-state index in [9.17, 15) is 0 Å².